The first kappa shape index (κ1) is 24.8. The fourth-order valence-electron chi connectivity index (χ4n) is 3.63. The van der Waals surface area contributed by atoms with Crippen molar-refractivity contribution in [3.05, 3.63) is 54.6 Å². The Labute approximate surface area is 202 Å². The lowest BCUT2D eigenvalue weighted by molar-refractivity contribution is -0.211. The molecule has 1 aliphatic heterocycles. The van der Waals surface area contributed by atoms with Crippen LogP contribution in [0.15, 0.2) is 59.5 Å². The molecule has 0 aliphatic carbocycles. The quantitative estimate of drug-likeness (QED) is 0.343. The number of benzene rings is 2. The van der Waals surface area contributed by atoms with E-state index in [1.165, 1.54) is 36.4 Å². The first-order valence-corrected chi connectivity index (χ1v) is 13.5. The van der Waals surface area contributed by atoms with Crippen LogP contribution in [-0.4, -0.2) is 46.7 Å². The lowest BCUT2D eigenvalue weighted by atomic mass is 9.95. The topological polar surface area (TPSA) is 95.5 Å². The number of ether oxygens (including phenoxy) is 1. The standard InChI is InChI=1S/C21H19ClF3N3O4S2/c22-28(34(30,31)15-6-2-1-3-7-15)19-20(27-17-9-5-4-8-16(17)26-19)32-18(21(23,24)25)14-10-12-33(29)13-11-14/h1-9,14,18H,10-13H2. The monoisotopic (exact) mass is 533 g/mol. The van der Waals surface area contributed by atoms with Crippen LogP contribution in [0.3, 0.4) is 0 Å². The van der Waals surface area contributed by atoms with Gasteiger partial charge in [-0.15, -0.1) is 0 Å². The van der Waals surface area contributed by atoms with Crippen molar-refractivity contribution >= 4 is 49.8 Å². The third-order valence-electron chi connectivity index (χ3n) is 5.36. The normalized spacial score (nSPS) is 20.1. The molecule has 1 fully saturated rings. The van der Waals surface area contributed by atoms with Gasteiger partial charge in [-0.2, -0.15) is 25.4 Å². The zero-order chi connectivity index (χ0) is 24.5. The molecule has 182 valence electrons. The third-order valence-corrected chi connectivity index (χ3v) is 8.91. The van der Waals surface area contributed by atoms with Crippen LogP contribution < -0.4 is 8.56 Å². The minimum absolute atomic E-state index is 0.0417. The van der Waals surface area contributed by atoms with Crippen LogP contribution in [0.1, 0.15) is 12.8 Å². The van der Waals surface area contributed by atoms with Crippen LogP contribution >= 0.6 is 11.8 Å². The summed E-state index contributed by atoms with van der Waals surface area (Å²) in [6.45, 7) is 0. The van der Waals surface area contributed by atoms with Crippen LogP contribution in [0.5, 0.6) is 5.88 Å². The van der Waals surface area contributed by atoms with E-state index in [2.05, 4.69) is 9.97 Å². The number of anilines is 1. The van der Waals surface area contributed by atoms with E-state index >= 15 is 0 Å². The summed E-state index contributed by atoms with van der Waals surface area (Å²) in [5.74, 6) is -1.98. The molecule has 0 saturated carbocycles. The molecule has 7 nitrogen and oxygen atoms in total. The summed E-state index contributed by atoms with van der Waals surface area (Å²) in [4.78, 5) is 8.11. The van der Waals surface area contributed by atoms with Crippen molar-refractivity contribution in [2.45, 2.75) is 30.0 Å². The molecule has 2 heterocycles. The first-order valence-electron chi connectivity index (χ1n) is 10.2. The Hall–Kier alpha value is -2.28. The maximum absolute atomic E-state index is 14.0. The van der Waals surface area contributed by atoms with E-state index in [-0.39, 0.29) is 44.1 Å². The summed E-state index contributed by atoms with van der Waals surface area (Å²) in [5, 5.41) is 0. The summed E-state index contributed by atoms with van der Waals surface area (Å²) >= 11 is 5.01. The molecule has 3 aromatic rings. The molecule has 1 aliphatic rings. The molecule has 1 aromatic heterocycles. The second kappa shape index (κ2) is 9.76. The maximum atomic E-state index is 14.0. The van der Waals surface area contributed by atoms with Gasteiger partial charge in [0.25, 0.3) is 15.9 Å². The van der Waals surface area contributed by atoms with Gasteiger partial charge < -0.3 is 9.29 Å². The number of nitrogens with zero attached hydrogens (tertiary/aromatic N) is 3. The van der Waals surface area contributed by atoms with Crippen molar-refractivity contribution in [1.29, 1.82) is 0 Å². The van der Waals surface area contributed by atoms with E-state index in [1.807, 2.05) is 0 Å². The predicted octanol–water partition coefficient (Wildman–Crippen LogP) is 4.45. The fraction of sp³-hybridized carbons (Fsp3) is 0.333. The van der Waals surface area contributed by atoms with Crippen molar-refractivity contribution in [3.8, 4) is 5.88 Å². The van der Waals surface area contributed by atoms with Gasteiger partial charge in [-0.25, -0.2) is 9.97 Å². The zero-order valence-electron chi connectivity index (χ0n) is 17.5. The molecular formula is C21H19ClF3N3O4S2. The van der Waals surface area contributed by atoms with E-state index in [1.54, 1.807) is 18.2 Å². The minimum Gasteiger partial charge on any atom is -0.616 e. The summed E-state index contributed by atoms with van der Waals surface area (Å²) in [5.41, 5.74) is 0.421. The molecule has 0 spiro atoms. The number of aromatic nitrogens is 2. The largest absolute Gasteiger partial charge is 0.616 e. The van der Waals surface area contributed by atoms with Crippen LogP contribution in [0, 0.1) is 5.92 Å². The summed E-state index contributed by atoms with van der Waals surface area (Å²) in [7, 11) is -4.39. The van der Waals surface area contributed by atoms with Gasteiger partial charge in [0.05, 0.1) is 15.9 Å². The summed E-state index contributed by atoms with van der Waals surface area (Å²) in [6, 6.07) is 13.4. The highest BCUT2D eigenvalue weighted by atomic mass is 35.5. The lowest BCUT2D eigenvalue weighted by Crippen LogP contribution is -2.44. The van der Waals surface area contributed by atoms with Crippen LogP contribution in [0.2, 0.25) is 0 Å². The zero-order valence-corrected chi connectivity index (χ0v) is 19.9. The van der Waals surface area contributed by atoms with Gasteiger partial charge >= 0.3 is 6.18 Å². The molecule has 1 atom stereocenters. The second-order valence-electron chi connectivity index (χ2n) is 7.64. The van der Waals surface area contributed by atoms with Gasteiger partial charge in [-0.3, -0.25) is 0 Å². The highest BCUT2D eigenvalue weighted by molar-refractivity contribution is 7.94. The Kier molecular flexibility index (Phi) is 7.13. The Bertz CT molecular complexity index is 1260. The van der Waals surface area contributed by atoms with E-state index in [0.717, 1.165) is 0 Å². The van der Waals surface area contributed by atoms with Gasteiger partial charge in [-0.05, 0) is 37.1 Å². The number of alkyl halides is 3. The van der Waals surface area contributed by atoms with Gasteiger partial charge in [0.2, 0.25) is 5.82 Å². The fourth-order valence-corrected chi connectivity index (χ4v) is 6.35. The average molecular weight is 534 g/mol. The maximum Gasteiger partial charge on any atom is 0.425 e. The van der Waals surface area contributed by atoms with Crippen molar-refractivity contribution in [2.75, 3.05) is 15.3 Å². The van der Waals surface area contributed by atoms with Crippen molar-refractivity contribution in [1.82, 2.24) is 9.97 Å². The molecule has 0 N–H and O–H groups in total. The Morgan fingerprint density at radius 3 is 2.18 bits per heavy atom. The third kappa shape index (κ3) is 5.19. The van der Waals surface area contributed by atoms with Crippen LogP contribution in [0.4, 0.5) is 19.0 Å². The van der Waals surface area contributed by atoms with E-state index in [9.17, 15) is 26.1 Å². The number of hydrogen-bond donors (Lipinski definition) is 0. The molecular weight excluding hydrogens is 515 g/mol. The lowest BCUT2D eigenvalue weighted by Gasteiger charge is -2.32. The van der Waals surface area contributed by atoms with Gasteiger partial charge in [0.1, 0.15) is 11.5 Å². The number of para-hydroxylation sites is 2. The molecule has 2 aromatic carbocycles. The summed E-state index contributed by atoms with van der Waals surface area (Å²) in [6.07, 6.45) is -7.01. The van der Waals surface area contributed by atoms with E-state index in [0.29, 0.717) is 0 Å². The molecule has 0 amide bonds. The van der Waals surface area contributed by atoms with Gasteiger partial charge in [-0.1, -0.05) is 41.5 Å². The van der Waals surface area contributed by atoms with Gasteiger partial charge in [0.15, 0.2) is 6.10 Å². The Balaban J connectivity index is 1.79. The number of fused-ring (bicyclic) bond motifs is 1. The average Bonchev–Trinajstić information content (AvgIpc) is 2.82. The highest BCUT2D eigenvalue weighted by Gasteiger charge is 2.49. The molecule has 1 unspecified atom stereocenters. The minimum atomic E-state index is -4.79. The van der Waals surface area contributed by atoms with Crippen molar-refractivity contribution in [2.24, 2.45) is 5.92 Å². The highest BCUT2D eigenvalue weighted by Crippen LogP contribution is 2.39. The molecule has 4 rings (SSSR count). The van der Waals surface area contributed by atoms with E-state index in [4.69, 9.17) is 16.5 Å². The molecule has 0 bridgehead atoms. The summed E-state index contributed by atoms with van der Waals surface area (Å²) < 4.78 is 85.4. The number of rotatable bonds is 6. The number of halogens is 4. The Morgan fingerprint density at radius 2 is 1.59 bits per heavy atom. The predicted molar refractivity (Wildman–Crippen MR) is 123 cm³/mol. The van der Waals surface area contributed by atoms with Crippen molar-refractivity contribution < 1.29 is 30.9 Å². The first-order chi connectivity index (χ1) is 16.1. The molecule has 13 heteroatoms. The number of hydrogen-bond acceptors (Lipinski definition) is 6. The Morgan fingerprint density at radius 1 is 1.03 bits per heavy atom. The van der Waals surface area contributed by atoms with Crippen LogP contribution in [0.25, 0.3) is 11.0 Å². The van der Waals surface area contributed by atoms with E-state index < -0.39 is 51.1 Å². The van der Waals surface area contributed by atoms with Crippen LogP contribution in [-0.2, 0) is 21.2 Å². The molecule has 1 saturated heterocycles. The molecule has 0 radical (unpaired) electrons. The number of sulfonamides is 1. The van der Waals surface area contributed by atoms with Gasteiger partial charge in [0, 0.05) is 17.7 Å². The smallest absolute Gasteiger partial charge is 0.425 e. The molecule has 34 heavy (non-hydrogen) atoms. The second-order valence-corrected chi connectivity index (χ2v) is 11.7. The SMILES string of the molecule is O=S(=O)(c1ccccc1)N(Cl)c1nc2ccccc2nc1OC(C1CC[S+]([O-])CC1)C(F)(F)F. The van der Waals surface area contributed by atoms with Crippen molar-refractivity contribution in [3.63, 3.8) is 0 Å².